The maximum absolute atomic E-state index is 13.4. The fourth-order valence-corrected chi connectivity index (χ4v) is 1.42. The van der Waals surface area contributed by atoms with E-state index in [0.717, 1.165) is 6.07 Å². The van der Waals surface area contributed by atoms with Crippen LogP contribution in [0.25, 0.3) is 0 Å². The number of halogens is 1. The summed E-state index contributed by atoms with van der Waals surface area (Å²) in [6.07, 6.45) is -0.190. The van der Waals surface area contributed by atoms with Gasteiger partial charge in [-0.25, -0.2) is 4.39 Å². The zero-order valence-electron chi connectivity index (χ0n) is 11.3. The molecule has 0 heterocycles. The van der Waals surface area contributed by atoms with Crippen LogP contribution in [-0.2, 0) is 25.5 Å². The number of esters is 1. The van der Waals surface area contributed by atoms with Gasteiger partial charge >= 0.3 is 5.97 Å². The fourth-order valence-electron chi connectivity index (χ4n) is 1.42. The molecule has 21 heavy (non-hydrogen) atoms. The molecule has 2 amide bonds. The van der Waals surface area contributed by atoms with Crippen LogP contribution in [-0.4, -0.2) is 38.0 Å². The first-order valence-electron chi connectivity index (χ1n) is 5.95. The smallest absolute Gasteiger partial charge is 0.310 e. The molecule has 3 N–H and O–H groups in total. The van der Waals surface area contributed by atoms with Crippen molar-refractivity contribution in [1.82, 2.24) is 5.32 Å². The molecule has 7 nitrogen and oxygen atoms in total. The summed E-state index contributed by atoms with van der Waals surface area (Å²) in [6, 6.07) is 4.04. The lowest BCUT2D eigenvalue weighted by Crippen LogP contribution is -2.36. The van der Waals surface area contributed by atoms with Gasteiger partial charge in [-0.1, -0.05) is 6.07 Å². The summed E-state index contributed by atoms with van der Waals surface area (Å²) in [5.74, 6) is -2.58. The molecule has 0 atom stereocenters. The molecule has 8 heteroatoms. The third-order valence-electron chi connectivity index (χ3n) is 2.39. The predicted octanol–water partition coefficient (Wildman–Crippen LogP) is -0.478. The van der Waals surface area contributed by atoms with Crippen LogP contribution in [0.2, 0.25) is 0 Å². The molecule has 0 spiro atoms. The van der Waals surface area contributed by atoms with E-state index in [1.165, 1.54) is 19.2 Å². The Balaban J connectivity index is 2.41. The van der Waals surface area contributed by atoms with Gasteiger partial charge in [0.15, 0.2) is 18.2 Å². The van der Waals surface area contributed by atoms with Crippen molar-refractivity contribution in [2.75, 3.05) is 20.3 Å². The Morgan fingerprint density at radius 3 is 2.62 bits per heavy atom. The molecule has 0 aromatic heterocycles. The standard InChI is InChI=1S/C13H15FN2O5/c1-20-10-3-2-8(4-9(10)14)5-13(19)21-7-12(18)16-6-11(15)17/h2-4H,5-7H2,1H3,(H2,15,17)(H,16,18). The van der Waals surface area contributed by atoms with Crippen molar-refractivity contribution in [3.63, 3.8) is 0 Å². The molecule has 1 aromatic carbocycles. The molecule has 114 valence electrons. The molecular formula is C13H15FN2O5. The summed E-state index contributed by atoms with van der Waals surface area (Å²) in [5, 5.41) is 2.16. The van der Waals surface area contributed by atoms with Crippen LogP contribution in [0.15, 0.2) is 18.2 Å². The number of hydrogen-bond acceptors (Lipinski definition) is 5. The summed E-state index contributed by atoms with van der Waals surface area (Å²) in [5.41, 5.74) is 5.21. The molecule has 0 bridgehead atoms. The summed E-state index contributed by atoms with van der Waals surface area (Å²) >= 11 is 0. The number of nitrogens with one attached hydrogen (secondary N) is 1. The summed E-state index contributed by atoms with van der Waals surface area (Å²) in [6.45, 7) is -0.870. The average molecular weight is 298 g/mol. The van der Waals surface area contributed by atoms with E-state index in [-0.39, 0.29) is 18.7 Å². The van der Waals surface area contributed by atoms with E-state index in [0.29, 0.717) is 5.56 Å². The minimum atomic E-state index is -0.705. The van der Waals surface area contributed by atoms with Gasteiger partial charge in [0.25, 0.3) is 5.91 Å². The number of benzene rings is 1. The van der Waals surface area contributed by atoms with E-state index in [4.69, 9.17) is 10.5 Å². The highest BCUT2D eigenvalue weighted by Gasteiger charge is 2.11. The molecule has 0 saturated carbocycles. The molecule has 0 aliphatic carbocycles. The second-order valence-corrected chi connectivity index (χ2v) is 4.05. The number of carbonyl (C=O) groups excluding carboxylic acids is 3. The lowest BCUT2D eigenvalue weighted by molar-refractivity contribution is -0.147. The zero-order chi connectivity index (χ0) is 15.8. The van der Waals surface area contributed by atoms with E-state index in [1.807, 2.05) is 0 Å². The Kier molecular flexibility index (Phi) is 6.12. The highest BCUT2D eigenvalue weighted by molar-refractivity contribution is 5.85. The van der Waals surface area contributed by atoms with Gasteiger partial charge < -0.3 is 20.5 Å². The molecular weight excluding hydrogens is 283 g/mol. The van der Waals surface area contributed by atoms with Crippen LogP contribution < -0.4 is 15.8 Å². The first-order chi connectivity index (χ1) is 9.92. The van der Waals surface area contributed by atoms with Crippen molar-refractivity contribution < 1.29 is 28.2 Å². The minimum absolute atomic E-state index is 0.0675. The number of carbonyl (C=O) groups is 3. The quantitative estimate of drug-likeness (QED) is 0.661. The van der Waals surface area contributed by atoms with Crippen molar-refractivity contribution in [3.05, 3.63) is 29.6 Å². The minimum Gasteiger partial charge on any atom is -0.494 e. The van der Waals surface area contributed by atoms with Crippen LogP contribution in [0.5, 0.6) is 5.75 Å². The van der Waals surface area contributed by atoms with Gasteiger partial charge in [-0.15, -0.1) is 0 Å². The van der Waals surface area contributed by atoms with Gasteiger partial charge in [0.05, 0.1) is 20.1 Å². The highest BCUT2D eigenvalue weighted by Crippen LogP contribution is 2.18. The first kappa shape index (κ1) is 16.4. The summed E-state index contributed by atoms with van der Waals surface area (Å²) in [7, 11) is 1.33. The van der Waals surface area contributed by atoms with E-state index in [9.17, 15) is 18.8 Å². The maximum atomic E-state index is 13.4. The Hall–Kier alpha value is -2.64. The number of nitrogens with two attached hydrogens (primary N) is 1. The largest absolute Gasteiger partial charge is 0.494 e. The highest BCUT2D eigenvalue weighted by atomic mass is 19.1. The van der Waals surface area contributed by atoms with Crippen LogP contribution >= 0.6 is 0 Å². The second kappa shape index (κ2) is 7.83. The van der Waals surface area contributed by atoms with E-state index in [2.05, 4.69) is 10.1 Å². The van der Waals surface area contributed by atoms with Gasteiger partial charge in [-0.05, 0) is 17.7 Å². The van der Waals surface area contributed by atoms with Crippen molar-refractivity contribution in [2.45, 2.75) is 6.42 Å². The number of amides is 2. The second-order valence-electron chi connectivity index (χ2n) is 4.05. The zero-order valence-corrected chi connectivity index (χ0v) is 11.3. The molecule has 1 rings (SSSR count). The number of ether oxygens (including phenoxy) is 2. The number of methoxy groups -OCH3 is 1. The van der Waals surface area contributed by atoms with E-state index < -0.39 is 30.2 Å². The lowest BCUT2D eigenvalue weighted by atomic mass is 10.1. The molecule has 0 unspecified atom stereocenters. The van der Waals surface area contributed by atoms with Gasteiger partial charge in [-0.2, -0.15) is 0 Å². The topological polar surface area (TPSA) is 108 Å². The van der Waals surface area contributed by atoms with Crippen molar-refractivity contribution in [3.8, 4) is 5.75 Å². The van der Waals surface area contributed by atoms with Gasteiger partial charge in [0, 0.05) is 0 Å². The third-order valence-corrected chi connectivity index (χ3v) is 2.39. The van der Waals surface area contributed by atoms with Crippen molar-refractivity contribution in [1.29, 1.82) is 0 Å². The molecule has 0 fully saturated rings. The lowest BCUT2D eigenvalue weighted by Gasteiger charge is -2.06. The molecule has 1 aromatic rings. The third kappa shape index (κ3) is 5.89. The molecule has 0 radical (unpaired) electrons. The number of rotatable bonds is 7. The van der Waals surface area contributed by atoms with Gasteiger partial charge in [0.1, 0.15) is 0 Å². The Morgan fingerprint density at radius 2 is 2.05 bits per heavy atom. The molecule has 0 aliphatic heterocycles. The number of primary amides is 1. The van der Waals surface area contributed by atoms with Crippen LogP contribution in [0.4, 0.5) is 4.39 Å². The van der Waals surface area contributed by atoms with Gasteiger partial charge in [-0.3, -0.25) is 14.4 Å². The average Bonchev–Trinajstić information content (AvgIpc) is 2.43. The normalized spacial score (nSPS) is 9.81. The SMILES string of the molecule is COc1ccc(CC(=O)OCC(=O)NCC(N)=O)cc1F. The first-order valence-corrected chi connectivity index (χ1v) is 5.95. The van der Waals surface area contributed by atoms with E-state index in [1.54, 1.807) is 0 Å². The summed E-state index contributed by atoms with van der Waals surface area (Å²) < 4.78 is 22.8. The van der Waals surface area contributed by atoms with Crippen LogP contribution in [0.1, 0.15) is 5.56 Å². The van der Waals surface area contributed by atoms with E-state index >= 15 is 0 Å². The van der Waals surface area contributed by atoms with Crippen LogP contribution in [0.3, 0.4) is 0 Å². The Morgan fingerprint density at radius 1 is 1.33 bits per heavy atom. The molecule has 0 aliphatic rings. The Bertz CT molecular complexity index is 547. The number of hydrogen-bond donors (Lipinski definition) is 2. The van der Waals surface area contributed by atoms with Crippen molar-refractivity contribution in [2.24, 2.45) is 5.73 Å². The predicted molar refractivity (Wildman–Crippen MR) is 69.8 cm³/mol. The van der Waals surface area contributed by atoms with Gasteiger partial charge in [0.2, 0.25) is 5.91 Å². The summed E-state index contributed by atoms with van der Waals surface area (Å²) in [4.78, 5) is 33.1. The fraction of sp³-hybridized carbons (Fsp3) is 0.308. The monoisotopic (exact) mass is 298 g/mol. The van der Waals surface area contributed by atoms with Crippen molar-refractivity contribution >= 4 is 17.8 Å². The van der Waals surface area contributed by atoms with Crippen LogP contribution in [0, 0.1) is 5.82 Å². The maximum Gasteiger partial charge on any atom is 0.310 e. The Labute approximate surface area is 120 Å². The molecule has 0 saturated heterocycles.